The summed E-state index contributed by atoms with van der Waals surface area (Å²) in [4.78, 5) is 39.8. The van der Waals surface area contributed by atoms with Gasteiger partial charge in [-0.25, -0.2) is 4.79 Å². The van der Waals surface area contributed by atoms with Gasteiger partial charge in [0, 0.05) is 28.3 Å². The van der Waals surface area contributed by atoms with Gasteiger partial charge in [0.2, 0.25) is 0 Å². The molecule has 0 aromatic heterocycles. The van der Waals surface area contributed by atoms with Crippen LogP contribution in [0.15, 0.2) is 46.9 Å². The zero-order valence-electron chi connectivity index (χ0n) is 17.0. The van der Waals surface area contributed by atoms with Crippen LogP contribution in [0.25, 0.3) is 0 Å². The number of ketones is 1. The second kappa shape index (κ2) is 7.30. The molecular formula is C22H23BrN2O4. The number of alkyl carbamates (subject to hydrolysis) is 1. The lowest BCUT2D eigenvalue weighted by atomic mass is 9.83. The average molecular weight is 459 g/mol. The second-order valence-electron chi connectivity index (χ2n) is 8.04. The molecule has 1 heterocycles. The van der Waals surface area contributed by atoms with Crippen LogP contribution in [0.5, 0.6) is 0 Å². The number of carbonyl (C=O) groups excluding carboxylic acids is 3. The Kier molecular flexibility index (Phi) is 5.30. The minimum absolute atomic E-state index is 0.132. The fourth-order valence-electron chi connectivity index (χ4n) is 3.48. The molecule has 2 aromatic carbocycles. The van der Waals surface area contributed by atoms with Crippen LogP contribution < -0.4 is 10.2 Å². The third-order valence-corrected chi connectivity index (χ3v) is 5.23. The van der Waals surface area contributed by atoms with Crippen LogP contribution in [0.2, 0.25) is 0 Å². The van der Waals surface area contributed by atoms with Crippen LogP contribution in [-0.4, -0.2) is 30.4 Å². The highest BCUT2D eigenvalue weighted by Crippen LogP contribution is 2.45. The molecule has 152 valence electrons. The highest BCUT2D eigenvalue weighted by molar-refractivity contribution is 9.10. The maximum Gasteiger partial charge on any atom is 0.409 e. The lowest BCUT2D eigenvalue weighted by molar-refractivity contribution is -0.122. The zero-order valence-corrected chi connectivity index (χ0v) is 18.6. The van der Waals surface area contributed by atoms with Gasteiger partial charge in [0.25, 0.3) is 5.91 Å². The van der Waals surface area contributed by atoms with Crippen LogP contribution in [0, 0.1) is 0 Å². The molecule has 6 nitrogen and oxygen atoms in total. The fourth-order valence-corrected chi connectivity index (χ4v) is 3.84. The van der Waals surface area contributed by atoms with Crippen molar-refractivity contribution >= 4 is 39.4 Å². The molecular weight excluding hydrogens is 436 g/mol. The van der Waals surface area contributed by atoms with Crippen molar-refractivity contribution in [2.45, 2.75) is 38.8 Å². The van der Waals surface area contributed by atoms with Crippen molar-refractivity contribution in [3.8, 4) is 0 Å². The number of hydrogen-bond donors (Lipinski definition) is 1. The first-order valence-corrected chi connectivity index (χ1v) is 9.96. The van der Waals surface area contributed by atoms with E-state index in [2.05, 4.69) is 21.2 Å². The van der Waals surface area contributed by atoms with Gasteiger partial charge in [-0.2, -0.15) is 0 Å². The first-order valence-electron chi connectivity index (χ1n) is 9.16. The highest BCUT2D eigenvalue weighted by atomic mass is 79.9. The Balaban J connectivity index is 2.25. The predicted octanol–water partition coefficient (Wildman–Crippen LogP) is 4.40. The van der Waals surface area contributed by atoms with Crippen molar-refractivity contribution in [1.29, 1.82) is 0 Å². The van der Waals surface area contributed by atoms with E-state index in [-0.39, 0.29) is 11.7 Å². The summed E-state index contributed by atoms with van der Waals surface area (Å²) in [6.45, 7) is 6.72. The van der Waals surface area contributed by atoms with E-state index >= 15 is 0 Å². The molecule has 1 unspecified atom stereocenters. The number of Topliss-reactive ketones (excluding diaryl/α,β-unsaturated/α-hetero) is 1. The molecule has 1 atom stereocenters. The maximum absolute atomic E-state index is 13.5. The minimum atomic E-state index is -1.51. The molecule has 7 heteroatoms. The molecule has 2 amide bonds. The molecule has 1 aliphatic rings. The van der Waals surface area contributed by atoms with Crippen molar-refractivity contribution < 1.29 is 19.1 Å². The molecule has 29 heavy (non-hydrogen) atoms. The van der Waals surface area contributed by atoms with Crippen LogP contribution in [0.1, 0.15) is 49.2 Å². The number of carbonyl (C=O) groups is 3. The Morgan fingerprint density at radius 3 is 2.45 bits per heavy atom. The third-order valence-electron chi connectivity index (χ3n) is 4.74. The van der Waals surface area contributed by atoms with Crippen LogP contribution in [0.4, 0.5) is 10.5 Å². The number of fused-ring (bicyclic) bond motifs is 1. The topological polar surface area (TPSA) is 75.7 Å². The molecule has 0 bridgehead atoms. The summed E-state index contributed by atoms with van der Waals surface area (Å²) >= 11 is 3.45. The molecule has 2 aromatic rings. The average Bonchev–Trinajstić information content (AvgIpc) is 2.82. The number of ether oxygens (including phenoxy) is 1. The number of nitrogens with zero attached hydrogens (tertiary/aromatic N) is 1. The van der Waals surface area contributed by atoms with Gasteiger partial charge in [-0.3, -0.25) is 14.9 Å². The standard InChI is InChI=1S/C22H23BrN2O4/c1-13(26)14-7-6-8-15(11-14)22(24-20(28)29-21(2,3)4)17-12-16(23)9-10-18(17)25(5)19(22)27/h6-12H,1-5H3,(H,24,28). The first-order chi connectivity index (χ1) is 13.5. The lowest BCUT2D eigenvalue weighted by Gasteiger charge is -2.31. The Morgan fingerprint density at radius 1 is 1.14 bits per heavy atom. The monoisotopic (exact) mass is 458 g/mol. The van der Waals surface area contributed by atoms with Crippen LogP contribution >= 0.6 is 15.9 Å². The van der Waals surface area contributed by atoms with E-state index in [1.165, 1.54) is 11.8 Å². The van der Waals surface area contributed by atoms with Crippen molar-refractivity contribution in [3.05, 3.63) is 63.6 Å². The van der Waals surface area contributed by atoms with E-state index in [4.69, 9.17) is 4.74 Å². The molecule has 0 saturated heterocycles. The first kappa shape index (κ1) is 21.0. The largest absolute Gasteiger partial charge is 0.444 e. The fraction of sp³-hybridized carbons (Fsp3) is 0.318. The molecule has 0 spiro atoms. The van der Waals surface area contributed by atoms with Crippen molar-refractivity contribution in [2.24, 2.45) is 0 Å². The van der Waals surface area contributed by atoms with Crippen molar-refractivity contribution in [3.63, 3.8) is 0 Å². The SMILES string of the molecule is CC(=O)c1cccc(C2(NC(=O)OC(C)(C)C)C(=O)N(C)c3ccc(Br)cc32)c1. The molecule has 1 N–H and O–H groups in total. The number of hydrogen-bond acceptors (Lipinski definition) is 4. The van der Waals surface area contributed by atoms with Gasteiger partial charge in [-0.1, -0.05) is 34.1 Å². The quantitative estimate of drug-likeness (QED) is 0.691. The zero-order chi connectivity index (χ0) is 21.6. The maximum atomic E-state index is 13.5. The van der Waals surface area contributed by atoms with Gasteiger partial charge >= 0.3 is 6.09 Å². The third kappa shape index (κ3) is 3.79. The van der Waals surface area contributed by atoms with Gasteiger partial charge in [0.1, 0.15) is 5.60 Å². The highest BCUT2D eigenvalue weighted by Gasteiger charge is 2.53. The van der Waals surface area contributed by atoms with Crippen LogP contribution in [0.3, 0.4) is 0 Å². The molecule has 0 radical (unpaired) electrons. The van der Waals surface area contributed by atoms with E-state index in [1.807, 2.05) is 12.1 Å². The Hall–Kier alpha value is -2.67. The second-order valence-corrected chi connectivity index (χ2v) is 8.96. The number of rotatable bonds is 3. The number of benzene rings is 2. The Morgan fingerprint density at radius 2 is 1.83 bits per heavy atom. The smallest absolute Gasteiger partial charge is 0.409 e. The number of amides is 2. The summed E-state index contributed by atoms with van der Waals surface area (Å²) in [5.74, 6) is -0.468. The summed E-state index contributed by atoms with van der Waals surface area (Å²) in [7, 11) is 1.66. The Labute approximate surface area is 178 Å². The Bertz CT molecular complexity index is 1010. The van der Waals surface area contributed by atoms with Gasteiger partial charge in [-0.05, 0) is 57.5 Å². The molecule has 1 aliphatic heterocycles. The van der Waals surface area contributed by atoms with Gasteiger partial charge in [0.05, 0.1) is 0 Å². The van der Waals surface area contributed by atoms with Gasteiger partial charge in [-0.15, -0.1) is 0 Å². The number of likely N-dealkylation sites (N-methyl/N-ethyl adjacent to an activating group) is 1. The molecule has 3 rings (SSSR count). The summed E-state index contributed by atoms with van der Waals surface area (Å²) < 4.78 is 6.21. The number of halogens is 1. The summed E-state index contributed by atoms with van der Waals surface area (Å²) in [5, 5.41) is 2.81. The van der Waals surface area contributed by atoms with Crippen molar-refractivity contribution in [1.82, 2.24) is 5.32 Å². The molecule has 0 aliphatic carbocycles. The molecule has 0 saturated carbocycles. The van der Waals surface area contributed by atoms with Gasteiger partial charge in [0.15, 0.2) is 11.3 Å². The van der Waals surface area contributed by atoms with Crippen molar-refractivity contribution in [2.75, 3.05) is 11.9 Å². The van der Waals surface area contributed by atoms with Crippen LogP contribution in [-0.2, 0) is 15.1 Å². The summed E-state index contributed by atoms with van der Waals surface area (Å²) in [5.41, 5.74) is -0.0353. The minimum Gasteiger partial charge on any atom is -0.444 e. The predicted molar refractivity (Wildman–Crippen MR) is 114 cm³/mol. The van der Waals surface area contributed by atoms with E-state index in [0.717, 1.165) is 4.47 Å². The van der Waals surface area contributed by atoms with E-state index in [9.17, 15) is 14.4 Å². The summed E-state index contributed by atoms with van der Waals surface area (Å²) in [6, 6.07) is 12.2. The number of nitrogens with one attached hydrogen (secondary N) is 1. The molecule has 0 fully saturated rings. The normalized spacial score (nSPS) is 18.4. The number of anilines is 1. The lowest BCUT2D eigenvalue weighted by Crippen LogP contribution is -2.54. The van der Waals surface area contributed by atoms with E-state index in [0.29, 0.717) is 22.4 Å². The summed E-state index contributed by atoms with van der Waals surface area (Å²) in [6.07, 6.45) is -0.722. The van der Waals surface area contributed by atoms with Gasteiger partial charge < -0.3 is 9.64 Å². The van der Waals surface area contributed by atoms with E-state index in [1.54, 1.807) is 58.2 Å². The van der Waals surface area contributed by atoms with E-state index < -0.39 is 17.2 Å².